The number of nitrogens with one attached hydrogen (secondary N) is 1. The van der Waals surface area contributed by atoms with E-state index in [0.29, 0.717) is 13.2 Å². The molecule has 0 fully saturated rings. The minimum atomic E-state index is -0.493. The Labute approximate surface area is 117 Å². The molecule has 0 bridgehead atoms. The molecule has 17 heavy (non-hydrogen) atoms. The Hall–Kier alpha value is -0.330. The van der Waals surface area contributed by atoms with E-state index in [1.165, 1.54) is 0 Å². The number of β-amino-alcohol motifs (C(OH)–C–C–N with tert-alkyl or cyclic N) is 1. The third kappa shape index (κ3) is 6.85. The fourth-order valence-corrected chi connectivity index (χ4v) is 1.75. The van der Waals surface area contributed by atoms with Gasteiger partial charge in [-0.3, -0.25) is 0 Å². The van der Waals surface area contributed by atoms with E-state index in [4.69, 9.17) is 4.74 Å². The van der Waals surface area contributed by atoms with Crippen molar-refractivity contribution in [3.8, 4) is 5.75 Å². The van der Waals surface area contributed by atoms with Gasteiger partial charge in [0.05, 0.1) is 0 Å². The second-order valence-electron chi connectivity index (χ2n) is 5.05. The van der Waals surface area contributed by atoms with Crippen LogP contribution in [0.3, 0.4) is 0 Å². The summed E-state index contributed by atoms with van der Waals surface area (Å²) in [5.74, 6) is 0.798. The summed E-state index contributed by atoms with van der Waals surface area (Å²) in [7, 11) is 0. The zero-order chi connectivity index (χ0) is 12.9. The number of aliphatic hydroxyl groups is 1. The fourth-order valence-electron chi connectivity index (χ4n) is 1.23. The van der Waals surface area contributed by atoms with Crippen LogP contribution in [0.5, 0.6) is 5.75 Å². The van der Waals surface area contributed by atoms with Crippen LogP contribution >= 0.6 is 22.6 Å². The first kappa shape index (κ1) is 14.7. The second-order valence-corrected chi connectivity index (χ2v) is 6.30. The molecule has 0 aliphatic rings. The van der Waals surface area contributed by atoms with Crippen LogP contribution in [0.2, 0.25) is 0 Å². The van der Waals surface area contributed by atoms with Gasteiger partial charge in [-0.2, -0.15) is 0 Å². The van der Waals surface area contributed by atoms with E-state index in [-0.39, 0.29) is 5.54 Å². The number of aliphatic hydroxyl groups excluding tert-OH is 1. The van der Waals surface area contributed by atoms with Gasteiger partial charge in [-0.1, -0.05) is 6.07 Å². The molecule has 0 amide bonds. The van der Waals surface area contributed by atoms with Crippen molar-refractivity contribution in [1.82, 2.24) is 5.32 Å². The average Bonchev–Trinajstić information content (AvgIpc) is 2.23. The van der Waals surface area contributed by atoms with E-state index in [1.54, 1.807) is 0 Å². The molecule has 0 aliphatic carbocycles. The third-order valence-electron chi connectivity index (χ3n) is 2.11. The molecule has 96 valence electrons. The molecular formula is C13H20INO2. The number of hydrogen-bond acceptors (Lipinski definition) is 3. The molecule has 0 spiro atoms. The van der Waals surface area contributed by atoms with Crippen LogP contribution in [-0.4, -0.2) is 29.9 Å². The van der Waals surface area contributed by atoms with Gasteiger partial charge in [0.25, 0.3) is 0 Å². The summed E-state index contributed by atoms with van der Waals surface area (Å²) in [6, 6.07) is 7.79. The van der Waals surface area contributed by atoms with E-state index in [1.807, 2.05) is 24.3 Å². The monoisotopic (exact) mass is 349 g/mol. The summed E-state index contributed by atoms with van der Waals surface area (Å²) in [6.45, 7) is 7.05. The van der Waals surface area contributed by atoms with Crippen LogP contribution in [0.1, 0.15) is 20.8 Å². The van der Waals surface area contributed by atoms with Crippen LogP contribution in [0, 0.1) is 3.57 Å². The summed E-state index contributed by atoms with van der Waals surface area (Å²) in [4.78, 5) is 0. The fraction of sp³-hybridized carbons (Fsp3) is 0.538. The number of benzene rings is 1. The zero-order valence-electron chi connectivity index (χ0n) is 10.5. The van der Waals surface area contributed by atoms with E-state index in [9.17, 15) is 5.11 Å². The molecule has 0 saturated heterocycles. The Morgan fingerprint density at radius 1 is 1.41 bits per heavy atom. The molecule has 2 N–H and O–H groups in total. The number of hydrogen-bond donors (Lipinski definition) is 2. The molecule has 1 unspecified atom stereocenters. The highest BCUT2D eigenvalue weighted by molar-refractivity contribution is 14.1. The molecule has 3 nitrogen and oxygen atoms in total. The number of rotatable bonds is 5. The highest BCUT2D eigenvalue weighted by atomic mass is 127. The highest BCUT2D eigenvalue weighted by Gasteiger charge is 2.12. The zero-order valence-corrected chi connectivity index (χ0v) is 12.7. The molecule has 0 radical (unpaired) electrons. The van der Waals surface area contributed by atoms with Crippen molar-refractivity contribution in [2.45, 2.75) is 32.4 Å². The lowest BCUT2D eigenvalue weighted by Crippen LogP contribution is -2.42. The van der Waals surface area contributed by atoms with Gasteiger partial charge < -0.3 is 15.2 Å². The first-order valence-corrected chi connectivity index (χ1v) is 6.76. The van der Waals surface area contributed by atoms with Gasteiger partial charge in [0, 0.05) is 15.7 Å². The van der Waals surface area contributed by atoms with Crippen molar-refractivity contribution in [3.63, 3.8) is 0 Å². The molecule has 1 aromatic carbocycles. The maximum Gasteiger partial charge on any atom is 0.120 e. The van der Waals surface area contributed by atoms with Crippen LogP contribution < -0.4 is 10.1 Å². The van der Waals surface area contributed by atoms with E-state index < -0.39 is 6.10 Å². The van der Waals surface area contributed by atoms with Crippen molar-refractivity contribution in [3.05, 3.63) is 27.8 Å². The van der Waals surface area contributed by atoms with Crippen LogP contribution in [0.25, 0.3) is 0 Å². The van der Waals surface area contributed by atoms with Crippen molar-refractivity contribution in [2.75, 3.05) is 13.2 Å². The van der Waals surface area contributed by atoms with Gasteiger partial charge in [0.1, 0.15) is 18.5 Å². The SMILES string of the molecule is CC(C)(C)NCC(O)COc1cccc(I)c1. The summed E-state index contributed by atoms with van der Waals surface area (Å²) in [5.41, 5.74) is 0.0170. The molecule has 4 heteroatoms. The standard InChI is InChI=1S/C13H20INO2/c1-13(2,3)15-8-11(16)9-17-12-6-4-5-10(14)7-12/h4-7,11,15-16H,8-9H2,1-3H3. The van der Waals surface area contributed by atoms with Gasteiger partial charge in [-0.25, -0.2) is 0 Å². The average molecular weight is 349 g/mol. The van der Waals surface area contributed by atoms with E-state index in [0.717, 1.165) is 9.32 Å². The Morgan fingerprint density at radius 3 is 2.71 bits per heavy atom. The van der Waals surface area contributed by atoms with Crippen molar-refractivity contribution in [1.29, 1.82) is 0 Å². The van der Waals surface area contributed by atoms with Gasteiger partial charge in [-0.15, -0.1) is 0 Å². The maximum atomic E-state index is 9.75. The number of halogens is 1. The normalized spacial score (nSPS) is 13.5. The van der Waals surface area contributed by atoms with Crippen molar-refractivity contribution in [2.24, 2.45) is 0 Å². The maximum absolute atomic E-state index is 9.75. The van der Waals surface area contributed by atoms with Crippen molar-refractivity contribution >= 4 is 22.6 Å². The first-order chi connectivity index (χ1) is 7.87. The van der Waals surface area contributed by atoms with Crippen LogP contribution in [0.15, 0.2) is 24.3 Å². The Kier molecular flexibility index (Phi) is 5.69. The van der Waals surface area contributed by atoms with E-state index >= 15 is 0 Å². The summed E-state index contributed by atoms with van der Waals surface area (Å²) >= 11 is 2.23. The first-order valence-electron chi connectivity index (χ1n) is 5.68. The molecule has 0 aliphatic heterocycles. The number of ether oxygens (including phenoxy) is 1. The highest BCUT2D eigenvalue weighted by Crippen LogP contribution is 2.14. The molecule has 0 saturated carbocycles. The van der Waals surface area contributed by atoms with Crippen LogP contribution in [0.4, 0.5) is 0 Å². The lowest BCUT2D eigenvalue weighted by atomic mass is 10.1. The second kappa shape index (κ2) is 6.56. The predicted octanol–water partition coefficient (Wildman–Crippen LogP) is 2.42. The smallest absolute Gasteiger partial charge is 0.120 e. The minimum absolute atomic E-state index is 0.0170. The Bertz CT molecular complexity index is 350. The topological polar surface area (TPSA) is 41.5 Å². The van der Waals surface area contributed by atoms with Gasteiger partial charge >= 0.3 is 0 Å². The largest absolute Gasteiger partial charge is 0.491 e. The van der Waals surface area contributed by atoms with Crippen LogP contribution in [-0.2, 0) is 0 Å². The molecular weight excluding hydrogens is 329 g/mol. The summed E-state index contributed by atoms with van der Waals surface area (Å²) in [5, 5.41) is 13.0. The third-order valence-corrected chi connectivity index (χ3v) is 2.78. The van der Waals surface area contributed by atoms with Gasteiger partial charge in [-0.05, 0) is 61.6 Å². The lowest BCUT2D eigenvalue weighted by molar-refractivity contribution is 0.100. The van der Waals surface area contributed by atoms with E-state index in [2.05, 4.69) is 48.7 Å². The lowest BCUT2D eigenvalue weighted by Gasteiger charge is -2.22. The summed E-state index contributed by atoms with van der Waals surface area (Å²) in [6.07, 6.45) is -0.493. The minimum Gasteiger partial charge on any atom is -0.491 e. The summed E-state index contributed by atoms with van der Waals surface area (Å²) < 4.78 is 6.65. The van der Waals surface area contributed by atoms with Crippen molar-refractivity contribution < 1.29 is 9.84 Å². The predicted molar refractivity (Wildman–Crippen MR) is 78.4 cm³/mol. The van der Waals surface area contributed by atoms with Gasteiger partial charge in [0.15, 0.2) is 0 Å². The quantitative estimate of drug-likeness (QED) is 0.803. The Balaban J connectivity index is 2.31. The van der Waals surface area contributed by atoms with Gasteiger partial charge in [0.2, 0.25) is 0 Å². The molecule has 1 atom stereocenters. The molecule has 0 aromatic heterocycles. The Morgan fingerprint density at radius 2 is 2.12 bits per heavy atom. The molecule has 0 heterocycles. The molecule has 1 rings (SSSR count). The molecule has 1 aromatic rings.